The van der Waals surface area contributed by atoms with Gasteiger partial charge in [0, 0.05) is 13.2 Å². The zero-order chi connectivity index (χ0) is 8.27. The van der Waals surface area contributed by atoms with Crippen LogP contribution < -0.4 is 5.73 Å². The SMILES string of the molecule is COCc1cc(C(=N)N)no1. The highest BCUT2D eigenvalue weighted by Gasteiger charge is 2.04. The first-order valence-electron chi connectivity index (χ1n) is 3.03. The summed E-state index contributed by atoms with van der Waals surface area (Å²) >= 11 is 0. The van der Waals surface area contributed by atoms with Gasteiger partial charge in [0.25, 0.3) is 0 Å². The van der Waals surface area contributed by atoms with Gasteiger partial charge < -0.3 is 15.0 Å². The van der Waals surface area contributed by atoms with Crippen LogP contribution in [0.5, 0.6) is 0 Å². The molecule has 1 aromatic rings. The number of hydrogen-bond donors (Lipinski definition) is 2. The molecule has 0 spiro atoms. The average Bonchev–Trinajstić information content (AvgIpc) is 2.37. The van der Waals surface area contributed by atoms with E-state index in [0.29, 0.717) is 18.1 Å². The molecular weight excluding hydrogens is 146 g/mol. The van der Waals surface area contributed by atoms with Gasteiger partial charge in [0.05, 0.1) is 0 Å². The summed E-state index contributed by atoms with van der Waals surface area (Å²) in [5, 5.41) is 10.5. The maximum absolute atomic E-state index is 7.00. The van der Waals surface area contributed by atoms with Gasteiger partial charge in [0.15, 0.2) is 5.76 Å². The van der Waals surface area contributed by atoms with Gasteiger partial charge in [-0.2, -0.15) is 0 Å². The summed E-state index contributed by atoms with van der Waals surface area (Å²) in [4.78, 5) is 0. The average molecular weight is 155 g/mol. The molecule has 0 saturated heterocycles. The standard InChI is InChI=1S/C6H9N3O2/c1-10-3-4-2-5(6(7)8)9-11-4/h2H,3H2,1H3,(H3,7,8). The monoisotopic (exact) mass is 155 g/mol. The van der Waals surface area contributed by atoms with Gasteiger partial charge in [0.2, 0.25) is 0 Å². The van der Waals surface area contributed by atoms with Crippen molar-refractivity contribution in [3.8, 4) is 0 Å². The normalized spacial score (nSPS) is 9.91. The third-order valence-electron chi connectivity index (χ3n) is 1.12. The predicted octanol–water partition coefficient (Wildman–Crippen LogP) is 0.105. The molecule has 0 atom stereocenters. The van der Waals surface area contributed by atoms with Crippen molar-refractivity contribution in [2.75, 3.05) is 7.11 Å². The second kappa shape index (κ2) is 3.16. The van der Waals surface area contributed by atoms with Gasteiger partial charge >= 0.3 is 0 Å². The number of amidine groups is 1. The van der Waals surface area contributed by atoms with Crippen LogP contribution in [-0.2, 0) is 11.3 Å². The van der Waals surface area contributed by atoms with Crippen molar-refractivity contribution in [3.05, 3.63) is 17.5 Å². The largest absolute Gasteiger partial charge is 0.382 e. The molecule has 0 aromatic carbocycles. The molecule has 1 heterocycles. The molecule has 5 nitrogen and oxygen atoms in total. The van der Waals surface area contributed by atoms with E-state index in [0.717, 1.165) is 0 Å². The Morgan fingerprint density at radius 1 is 1.91 bits per heavy atom. The summed E-state index contributed by atoms with van der Waals surface area (Å²) in [5.74, 6) is 0.466. The van der Waals surface area contributed by atoms with E-state index in [1.807, 2.05) is 0 Å². The van der Waals surface area contributed by atoms with Crippen molar-refractivity contribution in [1.29, 1.82) is 5.41 Å². The lowest BCUT2D eigenvalue weighted by atomic mass is 10.3. The number of ether oxygens (including phenoxy) is 1. The molecule has 0 unspecified atom stereocenters. The van der Waals surface area contributed by atoms with Crippen LogP contribution in [0.25, 0.3) is 0 Å². The summed E-state index contributed by atoms with van der Waals surface area (Å²) in [6, 6.07) is 1.58. The number of nitrogens with two attached hydrogens (primary N) is 1. The minimum Gasteiger partial charge on any atom is -0.382 e. The van der Waals surface area contributed by atoms with Crippen molar-refractivity contribution in [2.24, 2.45) is 5.73 Å². The number of nitrogens with zero attached hydrogens (tertiary/aromatic N) is 1. The van der Waals surface area contributed by atoms with E-state index in [-0.39, 0.29) is 5.84 Å². The minimum absolute atomic E-state index is 0.101. The van der Waals surface area contributed by atoms with Crippen LogP contribution in [0, 0.1) is 5.41 Å². The first-order valence-corrected chi connectivity index (χ1v) is 3.03. The highest BCUT2D eigenvalue weighted by molar-refractivity contribution is 5.92. The summed E-state index contributed by atoms with van der Waals surface area (Å²) < 4.78 is 9.55. The first kappa shape index (κ1) is 7.74. The van der Waals surface area contributed by atoms with Gasteiger partial charge in [0.1, 0.15) is 18.1 Å². The van der Waals surface area contributed by atoms with E-state index >= 15 is 0 Å². The molecule has 0 fully saturated rings. The Labute approximate surface area is 63.6 Å². The Bertz CT molecular complexity index is 256. The van der Waals surface area contributed by atoms with Crippen molar-refractivity contribution in [3.63, 3.8) is 0 Å². The summed E-state index contributed by atoms with van der Waals surface area (Å²) in [6.07, 6.45) is 0. The summed E-state index contributed by atoms with van der Waals surface area (Å²) in [7, 11) is 1.55. The van der Waals surface area contributed by atoms with Crippen molar-refractivity contribution >= 4 is 5.84 Å². The van der Waals surface area contributed by atoms with E-state index in [9.17, 15) is 0 Å². The lowest BCUT2D eigenvalue weighted by Gasteiger charge is -1.87. The lowest BCUT2D eigenvalue weighted by molar-refractivity contribution is 0.156. The van der Waals surface area contributed by atoms with Crippen molar-refractivity contribution in [2.45, 2.75) is 6.61 Å². The molecule has 5 heteroatoms. The number of rotatable bonds is 3. The highest BCUT2D eigenvalue weighted by Crippen LogP contribution is 2.03. The molecule has 0 radical (unpaired) electrons. The van der Waals surface area contributed by atoms with Crippen LogP contribution in [-0.4, -0.2) is 18.1 Å². The number of aromatic nitrogens is 1. The molecule has 0 aliphatic carbocycles. The van der Waals surface area contributed by atoms with E-state index in [1.165, 1.54) is 0 Å². The zero-order valence-electron chi connectivity index (χ0n) is 6.13. The second-order valence-electron chi connectivity index (χ2n) is 2.03. The maximum atomic E-state index is 7.00. The molecule has 11 heavy (non-hydrogen) atoms. The molecule has 60 valence electrons. The molecule has 0 bridgehead atoms. The zero-order valence-corrected chi connectivity index (χ0v) is 6.13. The molecule has 0 aliphatic rings. The van der Waals surface area contributed by atoms with Gasteiger partial charge in [-0.1, -0.05) is 5.16 Å². The fraction of sp³-hybridized carbons (Fsp3) is 0.333. The molecular formula is C6H9N3O2. The fourth-order valence-corrected chi connectivity index (χ4v) is 0.650. The Morgan fingerprint density at radius 3 is 3.09 bits per heavy atom. The van der Waals surface area contributed by atoms with Crippen LogP contribution in [0.3, 0.4) is 0 Å². The predicted molar refractivity (Wildman–Crippen MR) is 38.2 cm³/mol. The molecule has 1 rings (SSSR count). The lowest BCUT2D eigenvalue weighted by Crippen LogP contribution is -2.10. The molecule has 0 aliphatic heterocycles. The Morgan fingerprint density at radius 2 is 2.64 bits per heavy atom. The smallest absolute Gasteiger partial charge is 0.163 e. The molecule has 3 N–H and O–H groups in total. The number of nitrogen functional groups attached to an aromatic ring is 1. The fourth-order valence-electron chi connectivity index (χ4n) is 0.650. The number of hydrogen-bond acceptors (Lipinski definition) is 4. The van der Waals surface area contributed by atoms with Gasteiger partial charge in [-0.15, -0.1) is 0 Å². The van der Waals surface area contributed by atoms with Crippen LogP contribution in [0.15, 0.2) is 10.6 Å². The molecule has 0 amide bonds. The topological polar surface area (TPSA) is 85.1 Å². The Kier molecular flexibility index (Phi) is 2.22. The van der Waals surface area contributed by atoms with Crippen molar-refractivity contribution in [1.82, 2.24) is 5.16 Å². The van der Waals surface area contributed by atoms with E-state index in [2.05, 4.69) is 5.16 Å². The quantitative estimate of drug-likeness (QED) is 0.479. The van der Waals surface area contributed by atoms with E-state index in [4.69, 9.17) is 20.4 Å². The summed E-state index contributed by atoms with van der Waals surface area (Å²) in [6.45, 7) is 0.347. The summed E-state index contributed by atoms with van der Waals surface area (Å²) in [5.41, 5.74) is 5.49. The van der Waals surface area contributed by atoms with Gasteiger partial charge in [-0.05, 0) is 0 Å². The van der Waals surface area contributed by atoms with Gasteiger partial charge in [-0.25, -0.2) is 0 Å². The van der Waals surface area contributed by atoms with Crippen LogP contribution in [0.1, 0.15) is 11.5 Å². The number of nitrogens with one attached hydrogen (secondary N) is 1. The van der Waals surface area contributed by atoms with Crippen molar-refractivity contribution < 1.29 is 9.26 Å². The minimum atomic E-state index is -0.101. The third-order valence-corrected chi connectivity index (χ3v) is 1.12. The van der Waals surface area contributed by atoms with E-state index < -0.39 is 0 Å². The Balaban J connectivity index is 2.73. The maximum Gasteiger partial charge on any atom is 0.163 e. The molecule has 0 saturated carbocycles. The molecule has 1 aromatic heterocycles. The van der Waals surface area contributed by atoms with Crippen LogP contribution in [0.4, 0.5) is 0 Å². The van der Waals surface area contributed by atoms with Gasteiger partial charge in [-0.3, -0.25) is 5.41 Å². The van der Waals surface area contributed by atoms with E-state index in [1.54, 1.807) is 13.2 Å². The highest BCUT2D eigenvalue weighted by atomic mass is 16.5. The second-order valence-corrected chi connectivity index (χ2v) is 2.03. The van der Waals surface area contributed by atoms with Crippen LogP contribution >= 0.6 is 0 Å². The number of methoxy groups -OCH3 is 1. The van der Waals surface area contributed by atoms with Crippen LogP contribution in [0.2, 0.25) is 0 Å². The first-order chi connectivity index (χ1) is 5.24. The third kappa shape index (κ3) is 1.78. The Hall–Kier alpha value is -1.36.